The lowest BCUT2D eigenvalue weighted by Crippen LogP contribution is -2.14. The van der Waals surface area contributed by atoms with Crippen molar-refractivity contribution >= 4 is 23.5 Å². The van der Waals surface area contributed by atoms with Gasteiger partial charge >= 0.3 is 6.18 Å². The van der Waals surface area contributed by atoms with Gasteiger partial charge in [0.05, 0.1) is 10.6 Å². The monoisotopic (exact) mass is 439 g/mol. The van der Waals surface area contributed by atoms with Crippen LogP contribution in [0.1, 0.15) is 15.9 Å². The van der Waals surface area contributed by atoms with Crippen molar-refractivity contribution in [2.45, 2.75) is 16.1 Å². The van der Waals surface area contributed by atoms with Crippen LogP contribution in [0.3, 0.4) is 0 Å². The van der Waals surface area contributed by atoms with Crippen LogP contribution < -0.4 is 5.32 Å². The number of anilines is 1. The second-order valence-electron chi connectivity index (χ2n) is 6.52. The quantitative estimate of drug-likeness (QED) is 0.397. The van der Waals surface area contributed by atoms with Gasteiger partial charge in [-0.3, -0.25) is 14.3 Å². The summed E-state index contributed by atoms with van der Waals surface area (Å²) >= 11 is 0.958. The highest BCUT2D eigenvalue weighted by Crippen LogP contribution is 2.44. The molecule has 0 unspecified atom stereocenters. The Labute approximate surface area is 180 Å². The third-order valence-electron chi connectivity index (χ3n) is 4.42. The lowest BCUT2D eigenvalue weighted by molar-refractivity contribution is -0.139. The number of halogens is 3. The summed E-state index contributed by atoms with van der Waals surface area (Å²) in [5.41, 5.74) is 0.0136. The van der Waals surface area contributed by atoms with Crippen LogP contribution in [0, 0.1) is 0 Å². The summed E-state index contributed by atoms with van der Waals surface area (Å²) in [6, 6.07) is 21.2. The van der Waals surface area contributed by atoms with E-state index in [0.29, 0.717) is 16.1 Å². The largest absolute Gasteiger partial charge is 0.419 e. The first kappa shape index (κ1) is 20.7. The number of pyridine rings is 1. The molecule has 0 aliphatic carbocycles. The van der Waals surface area contributed by atoms with Gasteiger partial charge in [-0.05, 0) is 42.5 Å². The Kier molecular flexibility index (Phi) is 5.81. The van der Waals surface area contributed by atoms with E-state index in [4.69, 9.17) is 0 Å². The molecule has 0 bridgehead atoms. The van der Waals surface area contributed by atoms with Crippen LogP contribution in [0.15, 0.2) is 101 Å². The zero-order valence-corrected chi connectivity index (χ0v) is 16.8. The number of amides is 1. The molecule has 4 nitrogen and oxygen atoms in total. The number of carbonyl (C=O) groups is 1. The molecule has 2 heterocycles. The first-order valence-corrected chi connectivity index (χ1v) is 10.1. The van der Waals surface area contributed by atoms with Crippen molar-refractivity contribution in [3.63, 3.8) is 0 Å². The summed E-state index contributed by atoms with van der Waals surface area (Å²) < 4.78 is 43.3. The second kappa shape index (κ2) is 8.69. The number of nitrogens with one attached hydrogen (secondary N) is 1. The summed E-state index contributed by atoms with van der Waals surface area (Å²) in [5.74, 6) is -0.464. The zero-order valence-electron chi connectivity index (χ0n) is 16.0. The second-order valence-corrected chi connectivity index (χ2v) is 7.58. The summed E-state index contributed by atoms with van der Waals surface area (Å²) in [6.45, 7) is 0. The van der Waals surface area contributed by atoms with Crippen molar-refractivity contribution < 1.29 is 18.0 Å². The minimum atomic E-state index is -4.61. The summed E-state index contributed by atoms with van der Waals surface area (Å²) in [4.78, 5) is 17.2. The van der Waals surface area contributed by atoms with Gasteiger partial charge < -0.3 is 5.32 Å². The molecule has 0 spiro atoms. The molecule has 1 N–H and O–H groups in total. The number of aromatic nitrogens is 2. The van der Waals surface area contributed by atoms with Crippen molar-refractivity contribution in [1.82, 2.24) is 9.55 Å². The van der Waals surface area contributed by atoms with Crippen molar-refractivity contribution in [2.24, 2.45) is 0 Å². The lowest BCUT2D eigenvalue weighted by atomic mass is 10.2. The van der Waals surface area contributed by atoms with Gasteiger partial charge in [0.15, 0.2) is 0 Å². The number of hydrogen-bond donors (Lipinski definition) is 1. The van der Waals surface area contributed by atoms with Crippen molar-refractivity contribution in [1.29, 1.82) is 0 Å². The zero-order chi connectivity index (χ0) is 21.8. The van der Waals surface area contributed by atoms with Crippen molar-refractivity contribution in [3.8, 4) is 5.69 Å². The first-order chi connectivity index (χ1) is 14.9. The smallest absolute Gasteiger partial charge is 0.308 e. The summed E-state index contributed by atoms with van der Waals surface area (Å²) in [6.07, 6.45) is -1.57. The topological polar surface area (TPSA) is 46.9 Å². The number of para-hydroxylation sites is 1. The van der Waals surface area contributed by atoms with E-state index in [2.05, 4.69) is 10.3 Å². The van der Waals surface area contributed by atoms with E-state index in [-0.39, 0.29) is 10.8 Å². The molecule has 0 saturated carbocycles. The van der Waals surface area contributed by atoms with Crippen LogP contribution in [0.2, 0.25) is 0 Å². The normalized spacial score (nSPS) is 11.3. The maximum absolute atomic E-state index is 14.0. The van der Waals surface area contributed by atoms with Gasteiger partial charge in [-0.2, -0.15) is 13.2 Å². The number of hydrogen-bond acceptors (Lipinski definition) is 3. The Bertz CT molecular complexity index is 1180. The van der Waals surface area contributed by atoms with Gasteiger partial charge in [0.25, 0.3) is 5.91 Å². The molecule has 1 amide bonds. The van der Waals surface area contributed by atoms with Crippen molar-refractivity contribution in [2.75, 3.05) is 5.32 Å². The number of alkyl halides is 3. The molecule has 4 aromatic rings. The van der Waals surface area contributed by atoms with E-state index in [1.165, 1.54) is 17.0 Å². The van der Waals surface area contributed by atoms with E-state index >= 15 is 0 Å². The Morgan fingerprint density at radius 1 is 0.903 bits per heavy atom. The molecule has 156 valence electrons. The molecule has 0 fully saturated rings. The van der Waals surface area contributed by atoms with E-state index < -0.39 is 17.6 Å². The predicted molar refractivity (Wildman–Crippen MR) is 114 cm³/mol. The molecule has 8 heteroatoms. The predicted octanol–water partition coefficient (Wildman–Crippen LogP) is 6.29. The molecule has 0 aliphatic heterocycles. The standard InChI is InChI=1S/C23H16F3N3OS/c24-23(25,26)19-15-20(28-21(30)16-7-3-1-4-8-16)29(17-9-5-2-6-10-17)22(19)31-18-11-13-27-14-12-18/h1-15H,(H,28,30). The average Bonchev–Trinajstić information content (AvgIpc) is 3.13. The van der Waals surface area contributed by atoms with E-state index in [9.17, 15) is 18.0 Å². The van der Waals surface area contributed by atoms with Crippen LogP contribution in [0.5, 0.6) is 0 Å². The van der Waals surface area contributed by atoms with Crippen LogP contribution in [-0.4, -0.2) is 15.5 Å². The average molecular weight is 439 g/mol. The molecule has 31 heavy (non-hydrogen) atoms. The molecule has 2 aromatic heterocycles. The summed E-state index contributed by atoms with van der Waals surface area (Å²) in [5, 5.41) is 2.59. The fourth-order valence-corrected chi connectivity index (χ4v) is 4.08. The van der Waals surface area contributed by atoms with E-state index in [1.54, 1.807) is 72.8 Å². The fraction of sp³-hybridized carbons (Fsp3) is 0.0435. The fourth-order valence-electron chi connectivity index (χ4n) is 3.02. The molecule has 0 saturated heterocycles. The highest BCUT2D eigenvalue weighted by molar-refractivity contribution is 7.99. The van der Waals surface area contributed by atoms with Crippen LogP contribution in [0.25, 0.3) is 5.69 Å². The van der Waals surface area contributed by atoms with E-state index in [0.717, 1.165) is 17.8 Å². The van der Waals surface area contributed by atoms with Gasteiger partial charge in [0.1, 0.15) is 5.82 Å². The Morgan fingerprint density at radius 3 is 2.13 bits per heavy atom. The Morgan fingerprint density at radius 2 is 1.52 bits per heavy atom. The number of carbonyl (C=O) groups excluding carboxylic acids is 1. The number of nitrogens with zero attached hydrogens (tertiary/aromatic N) is 2. The molecule has 0 atom stereocenters. The third-order valence-corrected chi connectivity index (χ3v) is 5.52. The van der Waals surface area contributed by atoms with Crippen LogP contribution in [0.4, 0.5) is 19.0 Å². The van der Waals surface area contributed by atoms with Gasteiger partial charge in [-0.25, -0.2) is 0 Å². The minimum Gasteiger partial charge on any atom is -0.308 e. The van der Waals surface area contributed by atoms with Gasteiger partial charge in [0, 0.05) is 28.5 Å². The first-order valence-electron chi connectivity index (χ1n) is 9.26. The Hall–Kier alpha value is -3.52. The molecule has 2 aromatic carbocycles. The van der Waals surface area contributed by atoms with Gasteiger partial charge in [0.2, 0.25) is 0 Å². The maximum Gasteiger partial charge on any atom is 0.419 e. The third kappa shape index (κ3) is 4.64. The van der Waals surface area contributed by atoms with Gasteiger partial charge in [-0.15, -0.1) is 0 Å². The maximum atomic E-state index is 14.0. The number of rotatable bonds is 5. The molecular formula is C23H16F3N3OS. The highest BCUT2D eigenvalue weighted by Gasteiger charge is 2.38. The molecule has 4 rings (SSSR count). The van der Waals surface area contributed by atoms with E-state index in [1.807, 2.05) is 0 Å². The molecule has 0 radical (unpaired) electrons. The lowest BCUT2D eigenvalue weighted by Gasteiger charge is -2.15. The van der Waals surface area contributed by atoms with Crippen molar-refractivity contribution in [3.05, 3.63) is 102 Å². The molecular weight excluding hydrogens is 423 g/mol. The summed E-state index contributed by atoms with van der Waals surface area (Å²) in [7, 11) is 0. The highest BCUT2D eigenvalue weighted by atomic mass is 32.2. The minimum absolute atomic E-state index is 0.0314. The molecule has 0 aliphatic rings. The Balaban J connectivity index is 1.86. The SMILES string of the molecule is O=C(Nc1cc(C(F)(F)F)c(Sc2ccncc2)n1-c1ccccc1)c1ccccc1. The van der Waals surface area contributed by atoms with Crippen LogP contribution in [-0.2, 0) is 6.18 Å². The number of benzene rings is 2. The van der Waals surface area contributed by atoms with Gasteiger partial charge in [-0.1, -0.05) is 48.2 Å². The van der Waals surface area contributed by atoms with Crippen LogP contribution >= 0.6 is 11.8 Å².